The summed E-state index contributed by atoms with van der Waals surface area (Å²) in [5.74, 6) is 0.618. The van der Waals surface area contributed by atoms with Crippen molar-refractivity contribution in [3.05, 3.63) is 52.5 Å². The van der Waals surface area contributed by atoms with Crippen molar-refractivity contribution in [1.82, 2.24) is 0 Å². The lowest BCUT2D eigenvalue weighted by molar-refractivity contribution is 0.271. The van der Waals surface area contributed by atoms with Crippen molar-refractivity contribution >= 4 is 34.0 Å². The monoisotopic (exact) mass is 282 g/mol. The molecule has 2 nitrogen and oxygen atoms in total. The molecule has 0 amide bonds. The van der Waals surface area contributed by atoms with Crippen molar-refractivity contribution < 1.29 is 9.84 Å². The number of aliphatic hydroxyl groups excluding tert-OH is 1. The Morgan fingerprint density at radius 2 is 2.00 bits per heavy atom. The molecule has 18 heavy (non-hydrogen) atoms. The summed E-state index contributed by atoms with van der Waals surface area (Å²) < 4.78 is 5.54. The summed E-state index contributed by atoms with van der Waals surface area (Å²) in [6.07, 6.45) is 0. The molecule has 0 atom stereocenters. The SMILES string of the molecule is OCc1c(OCC(Cl)=CCl)ccc2ccccc12. The predicted molar refractivity (Wildman–Crippen MR) is 75.2 cm³/mol. The molecule has 0 unspecified atom stereocenters. The van der Waals surface area contributed by atoms with Crippen LogP contribution in [0.15, 0.2) is 47.0 Å². The van der Waals surface area contributed by atoms with Crippen LogP contribution in [0.25, 0.3) is 10.8 Å². The van der Waals surface area contributed by atoms with Crippen molar-refractivity contribution in [2.45, 2.75) is 6.61 Å². The number of fused-ring (bicyclic) bond motifs is 1. The molecule has 0 saturated heterocycles. The summed E-state index contributed by atoms with van der Waals surface area (Å²) in [5, 5.41) is 11.9. The van der Waals surface area contributed by atoms with E-state index in [0.29, 0.717) is 10.8 Å². The number of aliphatic hydroxyl groups is 1. The summed E-state index contributed by atoms with van der Waals surface area (Å²) in [7, 11) is 0. The Bertz CT molecular complexity index is 579. The molecule has 0 radical (unpaired) electrons. The van der Waals surface area contributed by atoms with Gasteiger partial charge in [0.2, 0.25) is 0 Å². The van der Waals surface area contributed by atoms with Crippen LogP contribution in [0.4, 0.5) is 0 Å². The summed E-state index contributed by atoms with van der Waals surface area (Å²) >= 11 is 11.2. The Balaban J connectivity index is 2.38. The van der Waals surface area contributed by atoms with Crippen LogP contribution >= 0.6 is 23.2 Å². The van der Waals surface area contributed by atoms with Gasteiger partial charge >= 0.3 is 0 Å². The first kappa shape index (κ1) is 13.2. The second kappa shape index (κ2) is 6.10. The van der Waals surface area contributed by atoms with Gasteiger partial charge in [0.15, 0.2) is 0 Å². The smallest absolute Gasteiger partial charge is 0.126 e. The maximum absolute atomic E-state index is 9.49. The van der Waals surface area contributed by atoms with E-state index in [-0.39, 0.29) is 13.2 Å². The molecule has 0 heterocycles. The van der Waals surface area contributed by atoms with Crippen LogP contribution in [0.2, 0.25) is 0 Å². The normalized spacial score (nSPS) is 11.8. The number of hydrogen-bond donors (Lipinski definition) is 1. The highest BCUT2D eigenvalue weighted by molar-refractivity contribution is 6.36. The van der Waals surface area contributed by atoms with Gasteiger partial charge in [-0.2, -0.15) is 0 Å². The maximum atomic E-state index is 9.49. The molecule has 94 valence electrons. The Morgan fingerprint density at radius 1 is 1.22 bits per heavy atom. The van der Waals surface area contributed by atoms with Gasteiger partial charge in [-0.1, -0.05) is 53.5 Å². The minimum atomic E-state index is -0.0844. The molecular weight excluding hydrogens is 271 g/mol. The van der Waals surface area contributed by atoms with Crippen LogP contribution in [-0.4, -0.2) is 11.7 Å². The topological polar surface area (TPSA) is 29.5 Å². The van der Waals surface area contributed by atoms with E-state index in [1.165, 1.54) is 5.54 Å². The van der Waals surface area contributed by atoms with Crippen LogP contribution in [0, 0.1) is 0 Å². The molecule has 0 saturated carbocycles. The van der Waals surface area contributed by atoms with Crippen molar-refractivity contribution in [1.29, 1.82) is 0 Å². The minimum absolute atomic E-state index is 0.0844. The average molecular weight is 283 g/mol. The third kappa shape index (κ3) is 2.78. The van der Waals surface area contributed by atoms with Crippen molar-refractivity contribution in [2.75, 3.05) is 6.61 Å². The highest BCUT2D eigenvalue weighted by Gasteiger charge is 2.08. The first-order valence-electron chi connectivity index (χ1n) is 5.45. The van der Waals surface area contributed by atoms with Crippen molar-refractivity contribution in [3.8, 4) is 5.75 Å². The summed E-state index contributed by atoms with van der Waals surface area (Å²) in [6.45, 7) is 0.106. The van der Waals surface area contributed by atoms with Crippen LogP contribution < -0.4 is 4.74 Å². The first-order chi connectivity index (χ1) is 8.76. The molecule has 1 N–H and O–H groups in total. The van der Waals surface area contributed by atoms with Crippen molar-refractivity contribution in [3.63, 3.8) is 0 Å². The maximum Gasteiger partial charge on any atom is 0.126 e. The van der Waals surface area contributed by atoms with Gasteiger partial charge in [-0.3, -0.25) is 0 Å². The fourth-order valence-electron chi connectivity index (χ4n) is 1.79. The molecule has 0 bridgehead atoms. The summed E-state index contributed by atoms with van der Waals surface area (Å²) in [5.41, 5.74) is 2.02. The molecule has 0 aliphatic rings. The van der Waals surface area contributed by atoms with Crippen molar-refractivity contribution in [2.24, 2.45) is 0 Å². The van der Waals surface area contributed by atoms with Gasteiger partial charge < -0.3 is 9.84 Å². The van der Waals surface area contributed by atoms with E-state index in [1.54, 1.807) is 0 Å². The molecule has 0 aliphatic heterocycles. The Morgan fingerprint density at radius 3 is 2.72 bits per heavy atom. The van der Waals surface area contributed by atoms with E-state index in [9.17, 15) is 5.11 Å². The molecule has 0 aromatic heterocycles. The van der Waals surface area contributed by atoms with Gasteiger partial charge in [-0.05, 0) is 16.8 Å². The first-order valence-corrected chi connectivity index (χ1v) is 6.26. The molecule has 2 aromatic rings. The van der Waals surface area contributed by atoms with E-state index >= 15 is 0 Å². The lowest BCUT2D eigenvalue weighted by Crippen LogP contribution is -2.00. The lowest BCUT2D eigenvalue weighted by atomic mass is 10.0. The van der Waals surface area contributed by atoms with Gasteiger partial charge in [-0.25, -0.2) is 0 Å². The van der Waals surface area contributed by atoms with E-state index in [0.717, 1.165) is 16.3 Å². The average Bonchev–Trinajstić information content (AvgIpc) is 2.43. The van der Waals surface area contributed by atoms with Gasteiger partial charge in [0.05, 0.1) is 11.6 Å². The highest BCUT2D eigenvalue weighted by Crippen LogP contribution is 2.28. The number of hydrogen-bond acceptors (Lipinski definition) is 2. The van der Waals surface area contributed by atoms with Gasteiger partial charge in [0.25, 0.3) is 0 Å². The zero-order valence-corrected chi connectivity index (χ0v) is 11.1. The minimum Gasteiger partial charge on any atom is -0.488 e. The van der Waals surface area contributed by atoms with Crippen LogP contribution in [0.1, 0.15) is 5.56 Å². The van der Waals surface area contributed by atoms with E-state index in [1.807, 2.05) is 36.4 Å². The van der Waals surface area contributed by atoms with Crippen LogP contribution in [0.3, 0.4) is 0 Å². The Labute approximate surface area is 115 Å². The third-order valence-corrected chi connectivity index (χ3v) is 3.23. The second-order valence-corrected chi connectivity index (χ2v) is 4.47. The second-order valence-electron chi connectivity index (χ2n) is 3.77. The molecule has 4 heteroatoms. The van der Waals surface area contributed by atoms with Gasteiger partial charge in [0.1, 0.15) is 12.4 Å². The van der Waals surface area contributed by atoms with Gasteiger partial charge in [-0.15, -0.1) is 0 Å². The Hall–Kier alpha value is -1.22. The lowest BCUT2D eigenvalue weighted by Gasteiger charge is -2.12. The van der Waals surface area contributed by atoms with Crippen LogP contribution in [0.5, 0.6) is 5.75 Å². The fourth-order valence-corrected chi connectivity index (χ4v) is 1.91. The van der Waals surface area contributed by atoms with E-state index < -0.39 is 0 Å². The number of halogens is 2. The number of ether oxygens (including phenoxy) is 1. The molecule has 0 fully saturated rings. The van der Waals surface area contributed by atoms with E-state index in [2.05, 4.69) is 0 Å². The highest BCUT2D eigenvalue weighted by atomic mass is 35.5. The molecule has 2 rings (SSSR count). The molecular formula is C14H12Cl2O2. The zero-order chi connectivity index (χ0) is 13.0. The molecule has 2 aromatic carbocycles. The quantitative estimate of drug-likeness (QED) is 0.918. The fraction of sp³-hybridized carbons (Fsp3) is 0.143. The number of rotatable bonds is 4. The predicted octanol–water partition coefficient (Wildman–Crippen LogP) is 4.03. The largest absolute Gasteiger partial charge is 0.488 e. The standard InChI is InChI=1S/C14H12Cl2O2/c15-7-11(16)9-18-14-6-5-10-3-1-2-4-12(10)13(14)8-17/h1-7,17H,8-9H2. The molecule has 0 aliphatic carbocycles. The Kier molecular flexibility index (Phi) is 4.48. The van der Waals surface area contributed by atoms with Gasteiger partial charge in [0, 0.05) is 11.1 Å². The third-order valence-electron chi connectivity index (χ3n) is 2.64. The summed E-state index contributed by atoms with van der Waals surface area (Å²) in [6, 6.07) is 11.6. The van der Waals surface area contributed by atoms with Crippen LogP contribution in [-0.2, 0) is 6.61 Å². The number of benzene rings is 2. The molecule has 0 spiro atoms. The summed E-state index contributed by atoms with van der Waals surface area (Å²) in [4.78, 5) is 0. The zero-order valence-electron chi connectivity index (χ0n) is 9.57. The van der Waals surface area contributed by atoms with E-state index in [4.69, 9.17) is 27.9 Å².